The molecular formula is C16H18ClFN4O2. The van der Waals surface area contributed by atoms with Crippen molar-refractivity contribution in [2.45, 2.75) is 6.54 Å². The Kier molecular flexibility index (Phi) is 4.73. The summed E-state index contributed by atoms with van der Waals surface area (Å²) in [5.74, 6) is 0.200. The Hall–Kier alpha value is -2.12. The second-order valence-corrected chi connectivity index (χ2v) is 6.26. The van der Waals surface area contributed by atoms with Gasteiger partial charge in [-0.2, -0.15) is 0 Å². The van der Waals surface area contributed by atoms with Crippen LogP contribution in [0.15, 0.2) is 33.9 Å². The lowest BCUT2D eigenvalue weighted by molar-refractivity contribution is 0.249. The predicted octanol–water partition coefficient (Wildman–Crippen LogP) is 1.19. The minimum absolute atomic E-state index is 0.325. The van der Waals surface area contributed by atoms with Gasteiger partial charge in [-0.05, 0) is 17.7 Å². The van der Waals surface area contributed by atoms with Crippen LogP contribution in [0.4, 0.5) is 10.2 Å². The first-order chi connectivity index (χ1) is 11.4. The van der Waals surface area contributed by atoms with Crippen molar-refractivity contribution in [2.75, 3.05) is 31.1 Å². The molecule has 1 aliphatic heterocycles. The number of halogens is 2. The van der Waals surface area contributed by atoms with Gasteiger partial charge >= 0.3 is 5.69 Å². The number of nitrogens with zero attached hydrogens (tertiary/aromatic N) is 3. The first-order valence-electron chi connectivity index (χ1n) is 7.65. The van der Waals surface area contributed by atoms with E-state index in [1.165, 1.54) is 25.2 Å². The molecule has 24 heavy (non-hydrogen) atoms. The average Bonchev–Trinajstić information content (AvgIpc) is 2.55. The van der Waals surface area contributed by atoms with E-state index in [9.17, 15) is 14.0 Å². The van der Waals surface area contributed by atoms with Gasteiger partial charge in [0.25, 0.3) is 5.56 Å². The van der Waals surface area contributed by atoms with Crippen molar-refractivity contribution >= 4 is 17.4 Å². The maximum absolute atomic E-state index is 13.1. The van der Waals surface area contributed by atoms with Crippen LogP contribution in [-0.4, -0.2) is 40.6 Å². The highest BCUT2D eigenvalue weighted by Gasteiger charge is 2.19. The summed E-state index contributed by atoms with van der Waals surface area (Å²) in [7, 11) is 1.44. The highest BCUT2D eigenvalue weighted by molar-refractivity contribution is 6.31. The minimum Gasteiger partial charge on any atom is -0.355 e. The summed E-state index contributed by atoms with van der Waals surface area (Å²) in [5.41, 5.74) is 0.140. The molecule has 0 spiro atoms. The first kappa shape index (κ1) is 16.7. The maximum atomic E-state index is 13.1. The monoisotopic (exact) mass is 352 g/mol. The highest BCUT2D eigenvalue weighted by Crippen LogP contribution is 2.20. The number of hydrogen-bond acceptors (Lipinski definition) is 4. The van der Waals surface area contributed by atoms with Gasteiger partial charge in [-0.15, -0.1) is 0 Å². The molecule has 0 bridgehead atoms. The fourth-order valence-corrected chi connectivity index (χ4v) is 2.98. The van der Waals surface area contributed by atoms with Gasteiger partial charge in [-0.3, -0.25) is 19.2 Å². The lowest BCUT2D eigenvalue weighted by atomic mass is 10.2. The number of rotatable bonds is 3. The van der Waals surface area contributed by atoms with Crippen LogP contribution in [0.25, 0.3) is 0 Å². The summed E-state index contributed by atoms with van der Waals surface area (Å²) >= 11 is 6.07. The van der Waals surface area contributed by atoms with Gasteiger partial charge in [0.2, 0.25) is 0 Å². The Labute approximate surface area is 143 Å². The van der Waals surface area contributed by atoms with Gasteiger partial charge in [0, 0.05) is 50.9 Å². The molecule has 1 saturated heterocycles. The molecule has 0 unspecified atom stereocenters. The SMILES string of the molecule is Cn1c(=O)cc(N2CCN(Cc3ccc(F)cc3Cl)CC2)[nH]c1=O. The van der Waals surface area contributed by atoms with Gasteiger partial charge in [-0.1, -0.05) is 17.7 Å². The molecule has 0 amide bonds. The molecule has 128 valence electrons. The normalized spacial score (nSPS) is 15.7. The van der Waals surface area contributed by atoms with Gasteiger partial charge in [0.1, 0.15) is 11.6 Å². The topological polar surface area (TPSA) is 61.3 Å². The molecule has 6 nitrogen and oxygen atoms in total. The molecule has 0 radical (unpaired) electrons. The van der Waals surface area contributed by atoms with E-state index in [4.69, 9.17) is 11.6 Å². The number of anilines is 1. The zero-order chi connectivity index (χ0) is 17.3. The van der Waals surface area contributed by atoms with Crippen LogP contribution in [0, 0.1) is 5.82 Å². The van der Waals surface area contributed by atoms with E-state index < -0.39 is 5.69 Å². The Morgan fingerprint density at radius 2 is 1.88 bits per heavy atom. The van der Waals surface area contributed by atoms with E-state index in [2.05, 4.69) is 9.88 Å². The quantitative estimate of drug-likeness (QED) is 0.901. The van der Waals surface area contributed by atoms with Crippen molar-refractivity contribution in [2.24, 2.45) is 7.05 Å². The van der Waals surface area contributed by atoms with Crippen molar-refractivity contribution in [3.8, 4) is 0 Å². The Morgan fingerprint density at radius 1 is 1.17 bits per heavy atom. The van der Waals surface area contributed by atoms with E-state index in [1.807, 2.05) is 4.90 Å². The van der Waals surface area contributed by atoms with Crippen molar-refractivity contribution in [1.82, 2.24) is 14.5 Å². The van der Waals surface area contributed by atoms with E-state index in [-0.39, 0.29) is 11.4 Å². The second kappa shape index (κ2) is 6.78. The molecule has 0 saturated carbocycles. The van der Waals surface area contributed by atoms with Crippen LogP contribution in [-0.2, 0) is 13.6 Å². The van der Waals surface area contributed by atoms with Crippen molar-refractivity contribution < 1.29 is 4.39 Å². The molecule has 1 aromatic carbocycles. The third-order valence-electron chi connectivity index (χ3n) is 4.25. The highest BCUT2D eigenvalue weighted by atomic mass is 35.5. The lowest BCUT2D eigenvalue weighted by Crippen LogP contribution is -2.47. The van der Waals surface area contributed by atoms with Gasteiger partial charge in [0.05, 0.1) is 0 Å². The number of aromatic amines is 1. The smallest absolute Gasteiger partial charge is 0.329 e. The van der Waals surface area contributed by atoms with Crippen LogP contribution in [0.2, 0.25) is 5.02 Å². The molecular weight excluding hydrogens is 335 g/mol. The molecule has 1 aliphatic rings. The molecule has 1 N–H and O–H groups in total. The van der Waals surface area contributed by atoms with Crippen molar-refractivity contribution in [3.05, 3.63) is 61.5 Å². The number of H-pyrrole nitrogens is 1. The molecule has 0 aliphatic carbocycles. The van der Waals surface area contributed by atoms with E-state index in [0.29, 0.717) is 30.5 Å². The van der Waals surface area contributed by atoms with Gasteiger partial charge in [0.15, 0.2) is 0 Å². The standard InChI is InChI=1S/C16H18ClFN4O2/c1-20-15(23)9-14(19-16(20)24)22-6-4-21(5-7-22)10-11-2-3-12(18)8-13(11)17/h2-3,8-9H,4-7,10H2,1H3,(H,19,24). The van der Waals surface area contributed by atoms with Gasteiger partial charge < -0.3 is 4.90 Å². The molecule has 2 aromatic rings. The van der Waals surface area contributed by atoms with Crippen molar-refractivity contribution in [3.63, 3.8) is 0 Å². The van der Waals surface area contributed by atoms with E-state index >= 15 is 0 Å². The zero-order valence-electron chi connectivity index (χ0n) is 13.3. The van der Waals surface area contributed by atoms with E-state index in [1.54, 1.807) is 6.07 Å². The van der Waals surface area contributed by atoms with Gasteiger partial charge in [-0.25, -0.2) is 9.18 Å². The predicted molar refractivity (Wildman–Crippen MR) is 91.2 cm³/mol. The molecule has 1 aromatic heterocycles. The fraction of sp³-hybridized carbons (Fsp3) is 0.375. The van der Waals surface area contributed by atoms with Crippen LogP contribution >= 0.6 is 11.6 Å². The third kappa shape index (κ3) is 3.52. The lowest BCUT2D eigenvalue weighted by Gasteiger charge is -2.35. The Balaban J connectivity index is 1.65. The summed E-state index contributed by atoms with van der Waals surface area (Å²) in [6.07, 6.45) is 0. The average molecular weight is 353 g/mol. The largest absolute Gasteiger partial charge is 0.355 e. The van der Waals surface area contributed by atoms with Crippen molar-refractivity contribution in [1.29, 1.82) is 0 Å². The molecule has 3 rings (SSSR count). The second-order valence-electron chi connectivity index (χ2n) is 5.86. The number of nitrogens with one attached hydrogen (secondary N) is 1. The van der Waals surface area contributed by atoms with Crippen LogP contribution in [0.3, 0.4) is 0 Å². The van der Waals surface area contributed by atoms with Crippen LogP contribution in [0.5, 0.6) is 0 Å². The molecule has 2 heterocycles. The summed E-state index contributed by atoms with van der Waals surface area (Å²) in [6.45, 7) is 3.51. The summed E-state index contributed by atoms with van der Waals surface area (Å²) in [6, 6.07) is 5.86. The number of aromatic nitrogens is 2. The number of benzene rings is 1. The molecule has 0 atom stereocenters. The fourth-order valence-electron chi connectivity index (χ4n) is 2.75. The minimum atomic E-state index is -0.418. The summed E-state index contributed by atoms with van der Waals surface area (Å²) < 4.78 is 14.1. The van der Waals surface area contributed by atoms with E-state index in [0.717, 1.165) is 23.2 Å². The summed E-state index contributed by atoms with van der Waals surface area (Å²) in [5, 5.41) is 0.424. The molecule has 1 fully saturated rings. The Bertz CT molecular complexity index is 825. The summed E-state index contributed by atoms with van der Waals surface area (Å²) in [4.78, 5) is 30.3. The Morgan fingerprint density at radius 3 is 2.50 bits per heavy atom. The number of hydrogen-bond donors (Lipinski definition) is 1. The zero-order valence-corrected chi connectivity index (χ0v) is 14.0. The van der Waals surface area contributed by atoms with Crippen LogP contribution in [0.1, 0.15) is 5.56 Å². The first-order valence-corrected chi connectivity index (χ1v) is 8.03. The molecule has 8 heteroatoms. The van der Waals surface area contributed by atoms with Crippen LogP contribution < -0.4 is 16.1 Å². The maximum Gasteiger partial charge on any atom is 0.329 e. The third-order valence-corrected chi connectivity index (χ3v) is 4.60. The number of piperazine rings is 1.